The van der Waals surface area contributed by atoms with E-state index in [0.29, 0.717) is 12.5 Å². The van der Waals surface area contributed by atoms with Crippen molar-refractivity contribution in [2.75, 3.05) is 38.1 Å². The van der Waals surface area contributed by atoms with E-state index in [4.69, 9.17) is 4.74 Å². The maximum atomic E-state index is 5.66. The molecule has 1 aromatic heterocycles. The highest BCUT2D eigenvalue weighted by Crippen LogP contribution is 2.11. The molecule has 100 valence electrons. The molecule has 2 heterocycles. The van der Waals surface area contributed by atoms with Crippen LogP contribution in [0.4, 0.5) is 5.82 Å². The summed E-state index contributed by atoms with van der Waals surface area (Å²) in [6, 6.07) is 1.85. The Labute approximate surface area is 109 Å². The molecule has 0 aromatic carbocycles. The fourth-order valence-corrected chi connectivity index (χ4v) is 2.16. The van der Waals surface area contributed by atoms with E-state index in [1.54, 1.807) is 0 Å². The second-order valence-electron chi connectivity index (χ2n) is 4.52. The van der Waals surface area contributed by atoms with Crippen LogP contribution in [0.1, 0.15) is 26.2 Å². The van der Waals surface area contributed by atoms with Gasteiger partial charge < -0.3 is 10.1 Å². The summed E-state index contributed by atoms with van der Waals surface area (Å²) >= 11 is 0. The van der Waals surface area contributed by atoms with Crippen LogP contribution in [0.15, 0.2) is 12.4 Å². The second-order valence-corrected chi connectivity index (χ2v) is 4.52. The molecule has 0 atom stereocenters. The molecule has 0 spiro atoms. The largest absolute Gasteiger partial charge is 0.476 e. The number of aromatic nitrogens is 2. The SMILES string of the molecule is CCNc1cc(OCCN2CCCCC2)ncn1. The normalized spacial score (nSPS) is 16.5. The zero-order chi connectivity index (χ0) is 12.6. The van der Waals surface area contributed by atoms with Crippen molar-refractivity contribution in [3.05, 3.63) is 12.4 Å². The smallest absolute Gasteiger partial charge is 0.218 e. The van der Waals surface area contributed by atoms with Gasteiger partial charge in [0.15, 0.2) is 0 Å². The van der Waals surface area contributed by atoms with Crippen molar-refractivity contribution in [3.8, 4) is 5.88 Å². The molecule has 1 fully saturated rings. The molecule has 18 heavy (non-hydrogen) atoms. The van der Waals surface area contributed by atoms with Gasteiger partial charge in [-0.2, -0.15) is 0 Å². The quantitative estimate of drug-likeness (QED) is 0.834. The first-order valence-corrected chi connectivity index (χ1v) is 6.79. The van der Waals surface area contributed by atoms with E-state index in [1.807, 2.05) is 13.0 Å². The van der Waals surface area contributed by atoms with Gasteiger partial charge in [-0.15, -0.1) is 0 Å². The summed E-state index contributed by atoms with van der Waals surface area (Å²) in [5.74, 6) is 1.47. The topological polar surface area (TPSA) is 50.3 Å². The van der Waals surface area contributed by atoms with E-state index in [1.165, 1.54) is 38.7 Å². The Bertz CT molecular complexity index is 353. The van der Waals surface area contributed by atoms with Crippen LogP contribution in [0.2, 0.25) is 0 Å². The zero-order valence-electron chi connectivity index (χ0n) is 11.1. The highest BCUT2D eigenvalue weighted by Gasteiger charge is 2.09. The van der Waals surface area contributed by atoms with E-state index in [9.17, 15) is 0 Å². The maximum absolute atomic E-state index is 5.66. The third kappa shape index (κ3) is 4.14. The number of rotatable bonds is 6. The summed E-state index contributed by atoms with van der Waals surface area (Å²) in [5.41, 5.74) is 0. The third-order valence-corrected chi connectivity index (χ3v) is 3.11. The molecular weight excluding hydrogens is 228 g/mol. The first-order chi connectivity index (χ1) is 8.88. The molecule has 1 aromatic rings. The van der Waals surface area contributed by atoms with Gasteiger partial charge in [-0.3, -0.25) is 4.90 Å². The number of ether oxygens (including phenoxy) is 1. The van der Waals surface area contributed by atoms with Gasteiger partial charge in [0.2, 0.25) is 5.88 Å². The molecule has 1 N–H and O–H groups in total. The van der Waals surface area contributed by atoms with E-state index in [-0.39, 0.29) is 0 Å². The van der Waals surface area contributed by atoms with Gasteiger partial charge in [0.1, 0.15) is 18.8 Å². The average molecular weight is 250 g/mol. The van der Waals surface area contributed by atoms with E-state index in [2.05, 4.69) is 20.2 Å². The number of hydrogen-bond donors (Lipinski definition) is 1. The third-order valence-electron chi connectivity index (χ3n) is 3.11. The number of nitrogens with zero attached hydrogens (tertiary/aromatic N) is 3. The standard InChI is InChI=1S/C13H22N4O/c1-2-14-12-10-13(16-11-15-12)18-9-8-17-6-4-3-5-7-17/h10-11H,2-9H2,1H3,(H,14,15,16). The Kier molecular flexibility index (Phi) is 5.20. The van der Waals surface area contributed by atoms with Crippen molar-refractivity contribution in [2.45, 2.75) is 26.2 Å². The molecule has 1 aliphatic heterocycles. The van der Waals surface area contributed by atoms with Gasteiger partial charge in [0.05, 0.1) is 0 Å². The molecule has 1 aliphatic rings. The van der Waals surface area contributed by atoms with Crippen LogP contribution < -0.4 is 10.1 Å². The van der Waals surface area contributed by atoms with E-state index >= 15 is 0 Å². The molecule has 2 rings (SSSR count). The molecule has 1 saturated heterocycles. The van der Waals surface area contributed by atoms with Gasteiger partial charge in [0, 0.05) is 19.2 Å². The molecule has 0 radical (unpaired) electrons. The van der Waals surface area contributed by atoms with Gasteiger partial charge in [-0.05, 0) is 32.9 Å². The number of nitrogens with one attached hydrogen (secondary N) is 1. The lowest BCUT2D eigenvalue weighted by atomic mass is 10.1. The average Bonchev–Trinajstić information content (AvgIpc) is 2.41. The van der Waals surface area contributed by atoms with Crippen LogP contribution in [0, 0.1) is 0 Å². The highest BCUT2D eigenvalue weighted by atomic mass is 16.5. The minimum absolute atomic E-state index is 0.651. The Morgan fingerprint density at radius 3 is 2.89 bits per heavy atom. The second kappa shape index (κ2) is 7.16. The van der Waals surface area contributed by atoms with Gasteiger partial charge >= 0.3 is 0 Å². The van der Waals surface area contributed by atoms with Crippen molar-refractivity contribution in [3.63, 3.8) is 0 Å². The van der Waals surface area contributed by atoms with Crippen molar-refractivity contribution in [1.82, 2.24) is 14.9 Å². The molecule has 0 aliphatic carbocycles. The monoisotopic (exact) mass is 250 g/mol. The lowest BCUT2D eigenvalue weighted by Crippen LogP contribution is -2.33. The van der Waals surface area contributed by atoms with Crippen LogP contribution in [-0.2, 0) is 0 Å². The van der Waals surface area contributed by atoms with Crippen LogP contribution in [0.5, 0.6) is 5.88 Å². The van der Waals surface area contributed by atoms with E-state index < -0.39 is 0 Å². The number of piperidine rings is 1. The molecule has 5 nitrogen and oxygen atoms in total. The van der Waals surface area contributed by atoms with Crippen LogP contribution in [0.25, 0.3) is 0 Å². The summed E-state index contributed by atoms with van der Waals surface area (Å²) in [6.45, 7) is 6.98. The van der Waals surface area contributed by atoms with Gasteiger partial charge in [-0.1, -0.05) is 6.42 Å². The Morgan fingerprint density at radius 1 is 1.28 bits per heavy atom. The first kappa shape index (κ1) is 13.1. The highest BCUT2D eigenvalue weighted by molar-refractivity contribution is 5.36. The Hall–Kier alpha value is -1.36. The van der Waals surface area contributed by atoms with E-state index in [0.717, 1.165) is 18.9 Å². The summed E-state index contributed by atoms with van der Waals surface area (Å²) in [7, 11) is 0. The summed E-state index contributed by atoms with van der Waals surface area (Å²) < 4.78 is 5.66. The van der Waals surface area contributed by atoms with Crippen molar-refractivity contribution < 1.29 is 4.74 Å². The molecule has 0 saturated carbocycles. The molecule has 5 heteroatoms. The minimum Gasteiger partial charge on any atom is -0.476 e. The Morgan fingerprint density at radius 2 is 2.11 bits per heavy atom. The van der Waals surface area contributed by atoms with Crippen molar-refractivity contribution in [2.24, 2.45) is 0 Å². The first-order valence-electron chi connectivity index (χ1n) is 6.79. The summed E-state index contributed by atoms with van der Waals surface area (Å²) in [6.07, 6.45) is 5.54. The zero-order valence-corrected chi connectivity index (χ0v) is 11.1. The maximum Gasteiger partial charge on any atom is 0.218 e. The van der Waals surface area contributed by atoms with Crippen LogP contribution >= 0.6 is 0 Å². The van der Waals surface area contributed by atoms with Crippen molar-refractivity contribution >= 4 is 5.82 Å². The van der Waals surface area contributed by atoms with Crippen LogP contribution in [0.3, 0.4) is 0 Å². The molecular formula is C13H22N4O. The fourth-order valence-electron chi connectivity index (χ4n) is 2.16. The lowest BCUT2D eigenvalue weighted by molar-refractivity contribution is 0.180. The van der Waals surface area contributed by atoms with Crippen molar-refractivity contribution in [1.29, 1.82) is 0 Å². The van der Waals surface area contributed by atoms with Crippen LogP contribution in [-0.4, -0.2) is 47.7 Å². The number of anilines is 1. The molecule has 0 bridgehead atoms. The number of likely N-dealkylation sites (tertiary alicyclic amines) is 1. The lowest BCUT2D eigenvalue weighted by Gasteiger charge is -2.26. The molecule has 0 unspecified atom stereocenters. The predicted octanol–water partition coefficient (Wildman–Crippen LogP) is 1.77. The molecule has 0 amide bonds. The van der Waals surface area contributed by atoms with Gasteiger partial charge in [0.25, 0.3) is 0 Å². The number of hydrogen-bond acceptors (Lipinski definition) is 5. The summed E-state index contributed by atoms with van der Waals surface area (Å²) in [5, 5.41) is 3.15. The minimum atomic E-state index is 0.651. The fraction of sp³-hybridized carbons (Fsp3) is 0.692. The summed E-state index contributed by atoms with van der Waals surface area (Å²) in [4.78, 5) is 10.7. The van der Waals surface area contributed by atoms with Gasteiger partial charge in [-0.25, -0.2) is 9.97 Å². The Balaban J connectivity index is 1.73. The predicted molar refractivity (Wildman–Crippen MR) is 72.0 cm³/mol.